The van der Waals surface area contributed by atoms with Crippen LogP contribution in [0.3, 0.4) is 0 Å². The molecule has 1 aromatic carbocycles. The summed E-state index contributed by atoms with van der Waals surface area (Å²) in [6.45, 7) is 0. The number of aromatic nitrogens is 1. The van der Waals surface area contributed by atoms with Crippen molar-refractivity contribution in [2.75, 3.05) is 0 Å². The van der Waals surface area contributed by atoms with E-state index >= 15 is 0 Å². The van der Waals surface area contributed by atoms with Crippen LogP contribution in [0.15, 0.2) is 47.5 Å². The van der Waals surface area contributed by atoms with Crippen LogP contribution in [0.2, 0.25) is 5.02 Å². The van der Waals surface area contributed by atoms with Crippen molar-refractivity contribution in [1.29, 1.82) is 0 Å². The first-order valence-electron chi connectivity index (χ1n) is 8.77. The molecule has 3 rings (SSSR count). The Kier molecular flexibility index (Phi) is 6.55. The van der Waals surface area contributed by atoms with Crippen LogP contribution >= 0.6 is 11.6 Å². The van der Waals surface area contributed by atoms with E-state index in [2.05, 4.69) is 14.4 Å². The number of hydrogen-bond donors (Lipinski definition) is 1. The molecule has 0 amide bonds. The standard InChI is InChI=1S/C18H18ClF3N2O4S/c19-12-1-10-17(23-11-12)27-14-4-2-13(3-5-14)24-29(25,26)16-8-6-15(7-9-16)28-18(20,21)22/h1,6-11,13-14,24H,2-5H2. The van der Waals surface area contributed by atoms with Gasteiger partial charge in [0.1, 0.15) is 11.9 Å². The second-order valence-electron chi connectivity index (χ2n) is 6.55. The number of rotatable bonds is 6. The second-order valence-corrected chi connectivity index (χ2v) is 8.70. The summed E-state index contributed by atoms with van der Waals surface area (Å²) in [6.07, 6.45) is -1.03. The normalized spacial score (nSPS) is 20.3. The molecule has 1 saturated carbocycles. The lowest BCUT2D eigenvalue weighted by Gasteiger charge is -2.29. The van der Waals surface area contributed by atoms with Crippen molar-refractivity contribution in [1.82, 2.24) is 9.71 Å². The van der Waals surface area contributed by atoms with Crippen LogP contribution in [-0.4, -0.2) is 31.9 Å². The summed E-state index contributed by atoms with van der Waals surface area (Å²) in [4.78, 5) is 3.94. The molecule has 1 aliphatic rings. The highest BCUT2D eigenvalue weighted by molar-refractivity contribution is 7.89. The fourth-order valence-electron chi connectivity index (χ4n) is 3.01. The Morgan fingerprint density at radius 2 is 1.69 bits per heavy atom. The van der Waals surface area contributed by atoms with Crippen LogP contribution in [0.25, 0.3) is 0 Å². The topological polar surface area (TPSA) is 77.5 Å². The summed E-state index contributed by atoms with van der Waals surface area (Å²) in [5.74, 6) is -0.0236. The van der Waals surface area contributed by atoms with Crippen LogP contribution in [0.5, 0.6) is 11.6 Å². The molecule has 0 spiro atoms. The Hall–Kier alpha value is -2.04. The number of hydrogen-bond acceptors (Lipinski definition) is 5. The van der Waals surface area contributed by atoms with Gasteiger partial charge in [0.25, 0.3) is 0 Å². The van der Waals surface area contributed by atoms with Crippen molar-refractivity contribution in [2.24, 2.45) is 0 Å². The van der Waals surface area contributed by atoms with Crippen LogP contribution in [0, 0.1) is 0 Å². The predicted octanol–water partition coefficient (Wildman–Crippen LogP) is 4.30. The van der Waals surface area contributed by atoms with Crippen LogP contribution in [-0.2, 0) is 10.0 Å². The molecule has 2 aromatic rings. The molecule has 158 valence electrons. The Labute approximate surface area is 171 Å². The number of pyridine rings is 1. The highest BCUT2D eigenvalue weighted by atomic mass is 35.5. The highest BCUT2D eigenvalue weighted by Crippen LogP contribution is 2.26. The summed E-state index contributed by atoms with van der Waals surface area (Å²) in [6, 6.07) is 7.13. The number of halogens is 4. The first-order chi connectivity index (χ1) is 13.6. The van der Waals surface area contributed by atoms with E-state index in [9.17, 15) is 21.6 Å². The van der Waals surface area contributed by atoms with Crippen molar-refractivity contribution in [3.8, 4) is 11.6 Å². The molecule has 0 radical (unpaired) electrons. The largest absolute Gasteiger partial charge is 0.573 e. The van der Waals surface area contributed by atoms with Gasteiger partial charge in [0.2, 0.25) is 15.9 Å². The average molecular weight is 451 g/mol. The molecule has 29 heavy (non-hydrogen) atoms. The summed E-state index contributed by atoms with van der Waals surface area (Å²) >= 11 is 5.78. The summed E-state index contributed by atoms with van der Waals surface area (Å²) in [5, 5.41) is 0.508. The highest BCUT2D eigenvalue weighted by Gasteiger charge is 2.31. The molecule has 0 aliphatic heterocycles. The maximum absolute atomic E-state index is 12.5. The van der Waals surface area contributed by atoms with Gasteiger partial charge in [-0.25, -0.2) is 18.1 Å². The van der Waals surface area contributed by atoms with E-state index in [1.807, 2.05) is 0 Å². The predicted molar refractivity (Wildman–Crippen MR) is 99.4 cm³/mol. The maximum Gasteiger partial charge on any atom is 0.573 e. The molecule has 11 heteroatoms. The van der Waals surface area contributed by atoms with Gasteiger partial charge in [0.05, 0.1) is 9.92 Å². The molecular formula is C18H18ClF3N2O4S. The van der Waals surface area contributed by atoms with Crippen molar-refractivity contribution < 1.29 is 31.1 Å². The van der Waals surface area contributed by atoms with Gasteiger partial charge in [-0.05, 0) is 56.0 Å². The van der Waals surface area contributed by atoms with E-state index < -0.39 is 22.1 Å². The minimum atomic E-state index is -4.83. The van der Waals surface area contributed by atoms with E-state index in [0.29, 0.717) is 36.6 Å². The molecule has 1 aromatic heterocycles. The number of alkyl halides is 3. The molecule has 0 saturated heterocycles. The number of benzene rings is 1. The average Bonchev–Trinajstić information content (AvgIpc) is 2.64. The van der Waals surface area contributed by atoms with E-state index in [1.165, 1.54) is 6.20 Å². The summed E-state index contributed by atoms with van der Waals surface area (Å²) < 4.78 is 73.7. The quantitative estimate of drug-likeness (QED) is 0.710. The SMILES string of the molecule is O=S(=O)(NC1CCC(Oc2ccc(Cl)cn2)CC1)c1ccc(OC(F)(F)F)cc1. The summed E-state index contributed by atoms with van der Waals surface area (Å²) in [5.41, 5.74) is 0. The second kappa shape index (κ2) is 8.76. The third kappa shape index (κ3) is 6.48. The monoisotopic (exact) mass is 450 g/mol. The van der Waals surface area contributed by atoms with E-state index in [4.69, 9.17) is 16.3 Å². The first kappa shape index (κ1) is 21.7. The van der Waals surface area contributed by atoms with Gasteiger partial charge in [0.15, 0.2) is 0 Å². The molecule has 1 fully saturated rings. The third-order valence-electron chi connectivity index (χ3n) is 4.35. The number of nitrogens with zero attached hydrogens (tertiary/aromatic N) is 1. The number of sulfonamides is 1. The molecule has 0 bridgehead atoms. The Morgan fingerprint density at radius 3 is 2.24 bits per heavy atom. The van der Waals surface area contributed by atoms with Gasteiger partial charge in [-0.2, -0.15) is 0 Å². The van der Waals surface area contributed by atoms with Crippen molar-refractivity contribution >= 4 is 21.6 Å². The van der Waals surface area contributed by atoms with E-state index in [1.54, 1.807) is 12.1 Å². The minimum Gasteiger partial charge on any atom is -0.474 e. The molecule has 1 aliphatic carbocycles. The lowest BCUT2D eigenvalue weighted by atomic mass is 9.94. The lowest BCUT2D eigenvalue weighted by molar-refractivity contribution is -0.274. The number of ether oxygens (including phenoxy) is 2. The van der Waals surface area contributed by atoms with E-state index in [0.717, 1.165) is 24.3 Å². The van der Waals surface area contributed by atoms with Crippen LogP contribution in [0.4, 0.5) is 13.2 Å². The zero-order valence-electron chi connectivity index (χ0n) is 15.0. The fraction of sp³-hybridized carbons (Fsp3) is 0.389. The molecular weight excluding hydrogens is 433 g/mol. The Bertz CT molecular complexity index is 914. The fourth-order valence-corrected chi connectivity index (χ4v) is 4.43. The molecule has 6 nitrogen and oxygen atoms in total. The van der Waals surface area contributed by atoms with Gasteiger partial charge < -0.3 is 9.47 Å². The molecule has 1 N–H and O–H groups in total. The summed E-state index contributed by atoms with van der Waals surface area (Å²) in [7, 11) is -3.86. The van der Waals surface area contributed by atoms with Gasteiger partial charge in [-0.15, -0.1) is 13.2 Å². The molecule has 0 atom stereocenters. The molecule has 1 heterocycles. The Morgan fingerprint density at radius 1 is 1.03 bits per heavy atom. The van der Waals surface area contributed by atoms with Gasteiger partial charge in [-0.1, -0.05) is 11.6 Å². The van der Waals surface area contributed by atoms with Crippen molar-refractivity contribution in [2.45, 2.75) is 49.1 Å². The smallest absolute Gasteiger partial charge is 0.474 e. The van der Waals surface area contributed by atoms with Crippen LogP contribution < -0.4 is 14.2 Å². The Balaban J connectivity index is 1.53. The molecule has 0 unspecified atom stereocenters. The lowest BCUT2D eigenvalue weighted by Crippen LogP contribution is -2.39. The van der Waals surface area contributed by atoms with Crippen molar-refractivity contribution in [3.63, 3.8) is 0 Å². The first-order valence-corrected chi connectivity index (χ1v) is 10.6. The zero-order chi connectivity index (χ0) is 21.1. The van der Waals surface area contributed by atoms with Gasteiger partial charge in [0, 0.05) is 18.3 Å². The third-order valence-corrected chi connectivity index (χ3v) is 6.11. The van der Waals surface area contributed by atoms with Crippen LogP contribution in [0.1, 0.15) is 25.7 Å². The maximum atomic E-state index is 12.5. The van der Waals surface area contributed by atoms with Gasteiger partial charge >= 0.3 is 6.36 Å². The zero-order valence-corrected chi connectivity index (χ0v) is 16.6. The minimum absolute atomic E-state index is 0.0803. The van der Waals surface area contributed by atoms with E-state index in [-0.39, 0.29) is 17.0 Å². The van der Waals surface area contributed by atoms with Gasteiger partial charge in [-0.3, -0.25) is 0 Å². The van der Waals surface area contributed by atoms with Crippen molar-refractivity contribution in [3.05, 3.63) is 47.6 Å². The number of nitrogens with one attached hydrogen (secondary N) is 1.